The maximum Gasteiger partial charge on any atom is 0.230 e. The van der Waals surface area contributed by atoms with Crippen molar-refractivity contribution in [2.24, 2.45) is 0 Å². The second kappa shape index (κ2) is 5.09. The summed E-state index contributed by atoms with van der Waals surface area (Å²) in [5, 5.41) is 4.42. The number of hydrogen-bond donors (Lipinski definition) is 0. The number of ketones is 1. The Kier molecular flexibility index (Phi) is 3.29. The fourth-order valence-corrected chi connectivity index (χ4v) is 2.44. The van der Waals surface area contributed by atoms with Crippen LogP contribution in [0.15, 0.2) is 22.9 Å². The van der Waals surface area contributed by atoms with E-state index in [-0.39, 0.29) is 5.92 Å². The highest BCUT2D eigenvalue weighted by atomic mass is 35.5. The van der Waals surface area contributed by atoms with Crippen molar-refractivity contribution in [1.29, 1.82) is 0 Å². The molecule has 19 heavy (non-hydrogen) atoms. The summed E-state index contributed by atoms with van der Waals surface area (Å²) < 4.78 is 5.28. The summed E-state index contributed by atoms with van der Waals surface area (Å²) in [5.74, 6) is 1.45. The molecular formula is C13H12ClN3O2. The Morgan fingerprint density at radius 3 is 2.84 bits per heavy atom. The zero-order valence-corrected chi connectivity index (χ0v) is 10.9. The lowest BCUT2D eigenvalue weighted by Gasteiger charge is -2.16. The number of Topliss-reactive ketones (excluding diaryl/α,β-unsaturated/α-hetero) is 1. The maximum absolute atomic E-state index is 11.2. The predicted molar refractivity (Wildman–Crippen MR) is 68.8 cm³/mol. The molecule has 0 spiro atoms. The normalized spacial score (nSPS) is 16.8. The Morgan fingerprint density at radius 1 is 1.32 bits per heavy atom. The van der Waals surface area contributed by atoms with Gasteiger partial charge in [-0.2, -0.15) is 4.98 Å². The number of hydrogen-bond acceptors (Lipinski definition) is 5. The Morgan fingerprint density at radius 2 is 2.11 bits per heavy atom. The highest BCUT2D eigenvalue weighted by Crippen LogP contribution is 2.31. The summed E-state index contributed by atoms with van der Waals surface area (Å²) in [6.45, 7) is 0. The molecule has 0 bridgehead atoms. The molecule has 0 atom stereocenters. The number of aromatic nitrogens is 3. The molecule has 6 heteroatoms. The molecule has 2 aromatic rings. The third-order valence-corrected chi connectivity index (χ3v) is 3.61. The van der Waals surface area contributed by atoms with E-state index in [0.29, 0.717) is 41.1 Å². The summed E-state index contributed by atoms with van der Waals surface area (Å²) in [6.07, 6.45) is 4.36. The highest BCUT2D eigenvalue weighted by Gasteiger charge is 2.25. The van der Waals surface area contributed by atoms with Crippen molar-refractivity contribution < 1.29 is 9.32 Å². The maximum atomic E-state index is 11.2. The summed E-state index contributed by atoms with van der Waals surface area (Å²) in [7, 11) is 0. The zero-order chi connectivity index (χ0) is 13.2. The van der Waals surface area contributed by atoms with Crippen molar-refractivity contribution >= 4 is 17.4 Å². The van der Waals surface area contributed by atoms with Crippen molar-refractivity contribution in [2.45, 2.75) is 31.6 Å². The summed E-state index contributed by atoms with van der Waals surface area (Å²) in [4.78, 5) is 19.7. The van der Waals surface area contributed by atoms with Gasteiger partial charge in [0.1, 0.15) is 11.5 Å². The van der Waals surface area contributed by atoms with Gasteiger partial charge in [0.2, 0.25) is 11.7 Å². The monoisotopic (exact) mass is 277 g/mol. The van der Waals surface area contributed by atoms with E-state index in [4.69, 9.17) is 16.1 Å². The van der Waals surface area contributed by atoms with Gasteiger partial charge in [-0.25, -0.2) is 0 Å². The number of carbonyl (C=O) groups excluding carboxylic acids is 1. The van der Waals surface area contributed by atoms with E-state index >= 15 is 0 Å². The molecule has 98 valence electrons. The predicted octanol–water partition coefficient (Wildman–Crippen LogP) is 3.01. The second-order valence-corrected chi connectivity index (χ2v) is 5.01. The van der Waals surface area contributed by atoms with Crippen molar-refractivity contribution in [2.75, 3.05) is 0 Å². The van der Waals surface area contributed by atoms with Crippen LogP contribution in [0.4, 0.5) is 0 Å². The Labute approximate surface area is 115 Å². The zero-order valence-electron chi connectivity index (χ0n) is 10.2. The standard InChI is InChI=1S/C13H12ClN3O2/c14-10-2-1-7-15-11(10)12-16-13(19-17-12)8-3-5-9(18)6-4-8/h1-2,7-8H,3-6H2. The molecule has 2 aromatic heterocycles. The number of halogens is 1. The molecule has 0 saturated heterocycles. The molecule has 1 saturated carbocycles. The smallest absolute Gasteiger partial charge is 0.230 e. The molecule has 0 aromatic carbocycles. The minimum atomic E-state index is 0.168. The van der Waals surface area contributed by atoms with Crippen molar-refractivity contribution in [3.8, 4) is 11.5 Å². The van der Waals surface area contributed by atoms with Gasteiger partial charge in [-0.3, -0.25) is 9.78 Å². The Balaban J connectivity index is 1.84. The molecule has 2 heterocycles. The molecule has 3 rings (SSSR count). The number of nitrogens with zero attached hydrogens (tertiary/aromatic N) is 3. The quantitative estimate of drug-likeness (QED) is 0.844. The lowest BCUT2D eigenvalue weighted by atomic mass is 9.88. The molecule has 0 unspecified atom stereocenters. The molecule has 0 N–H and O–H groups in total. The fraction of sp³-hybridized carbons (Fsp3) is 0.385. The highest BCUT2D eigenvalue weighted by molar-refractivity contribution is 6.32. The van der Waals surface area contributed by atoms with E-state index in [0.717, 1.165) is 12.8 Å². The van der Waals surface area contributed by atoms with Gasteiger partial charge in [0.05, 0.1) is 5.02 Å². The number of pyridine rings is 1. The SMILES string of the molecule is O=C1CCC(c2nc(-c3ncccc3Cl)no2)CC1. The first kappa shape index (κ1) is 12.3. The van der Waals surface area contributed by atoms with Crippen LogP contribution in [0.5, 0.6) is 0 Å². The van der Waals surface area contributed by atoms with E-state index in [2.05, 4.69) is 15.1 Å². The van der Waals surface area contributed by atoms with Gasteiger partial charge < -0.3 is 4.52 Å². The van der Waals surface area contributed by atoms with Crippen LogP contribution in [-0.4, -0.2) is 20.9 Å². The van der Waals surface area contributed by atoms with Crippen LogP contribution in [0.2, 0.25) is 5.02 Å². The van der Waals surface area contributed by atoms with Crippen LogP contribution in [0.1, 0.15) is 37.5 Å². The van der Waals surface area contributed by atoms with Gasteiger partial charge in [0.15, 0.2) is 0 Å². The number of carbonyl (C=O) groups is 1. The van der Waals surface area contributed by atoms with Gasteiger partial charge in [0, 0.05) is 25.0 Å². The topological polar surface area (TPSA) is 68.9 Å². The van der Waals surface area contributed by atoms with E-state index in [1.54, 1.807) is 18.3 Å². The summed E-state index contributed by atoms with van der Waals surface area (Å²) in [5.41, 5.74) is 0.519. The minimum Gasteiger partial charge on any atom is -0.339 e. The second-order valence-electron chi connectivity index (χ2n) is 4.60. The average molecular weight is 278 g/mol. The summed E-state index contributed by atoms with van der Waals surface area (Å²) in [6, 6.07) is 3.48. The van der Waals surface area contributed by atoms with Crippen molar-refractivity contribution in [1.82, 2.24) is 15.1 Å². The fourth-order valence-electron chi connectivity index (χ4n) is 2.23. The van der Waals surface area contributed by atoms with E-state index in [1.165, 1.54) is 0 Å². The van der Waals surface area contributed by atoms with Crippen LogP contribution in [0.25, 0.3) is 11.5 Å². The van der Waals surface area contributed by atoms with Crippen LogP contribution in [0, 0.1) is 0 Å². The molecule has 1 aliphatic carbocycles. The van der Waals surface area contributed by atoms with E-state index in [9.17, 15) is 4.79 Å². The Bertz CT molecular complexity index is 601. The first-order chi connectivity index (χ1) is 9.24. The molecule has 0 amide bonds. The van der Waals surface area contributed by atoms with Gasteiger partial charge in [-0.05, 0) is 25.0 Å². The largest absolute Gasteiger partial charge is 0.339 e. The van der Waals surface area contributed by atoms with E-state index < -0.39 is 0 Å². The molecule has 5 nitrogen and oxygen atoms in total. The van der Waals surface area contributed by atoms with Crippen LogP contribution in [-0.2, 0) is 4.79 Å². The summed E-state index contributed by atoms with van der Waals surface area (Å²) >= 11 is 6.04. The van der Waals surface area contributed by atoms with Crippen LogP contribution in [0.3, 0.4) is 0 Å². The van der Waals surface area contributed by atoms with Crippen molar-refractivity contribution in [3.05, 3.63) is 29.2 Å². The molecule has 1 aliphatic rings. The molecule has 0 aliphatic heterocycles. The molecule has 1 fully saturated rings. The lowest BCUT2D eigenvalue weighted by Crippen LogP contribution is -2.12. The van der Waals surface area contributed by atoms with Gasteiger partial charge in [-0.1, -0.05) is 16.8 Å². The van der Waals surface area contributed by atoms with Gasteiger partial charge in [0.25, 0.3) is 0 Å². The molecule has 0 radical (unpaired) electrons. The first-order valence-corrected chi connectivity index (χ1v) is 6.58. The lowest BCUT2D eigenvalue weighted by molar-refractivity contribution is -0.120. The number of rotatable bonds is 2. The van der Waals surface area contributed by atoms with E-state index in [1.807, 2.05) is 0 Å². The van der Waals surface area contributed by atoms with Gasteiger partial charge >= 0.3 is 0 Å². The average Bonchev–Trinajstić information content (AvgIpc) is 2.89. The Hall–Kier alpha value is -1.75. The molecular weight excluding hydrogens is 266 g/mol. The minimum absolute atomic E-state index is 0.168. The van der Waals surface area contributed by atoms with Crippen LogP contribution >= 0.6 is 11.6 Å². The first-order valence-electron chi connectivity index (χ1n) is 6.20. The van der Waals surface area contributed by atoms with Crippen molar-refractivity contribution in [3.63, 3.8) is 0 Å². The third kappa shape index (κ3) is 2.51. The van der Waals surface area contributed by atoms with Gasteiger partial charge in [-0.15, -0.1) is 0 Å². The third-order valence-electron chi connectivity index (χ3n) is 3.30. The van der Waals surface area contributed by atoms with Crippen LogP contribution < -0.4 is 0 Å².